The average molecular weight is 298 g/mol. The summed E-state index contributed by atoms with van der Waals surface area (Å²) in [4.78, 5) is 11.4. The van der Waals surface area contributed by atoms with Crippen LogP contribution in [0.25, 0.3) is 0 Å². The molecule has 0 bridgehead atoms. The second-order valence-corrected chi connectivity index (χ2v) is 8.06. The molecule has 0 aliphatic heterocycles. The molecule has 0 amide bonds. The third-order valence-electron chi connectivity index (χ3n) is 7.35. The number of hydrogen-bond donors (Lipinski definition) is 0. The molecule has 0 heterocycles. The Morgan fingerprint density at radius 2 is 0.619 bits per heavy atom. The highest BCUT2D eigenvalue weighted by atomic mass is 17.5. The van der Waals surface area contributed by atoms with Crippen LogP contribution in [0.5, 0.6) is 0 Å². The first kappa shape index (κ1) is 17.2. The zero-order valence-electron chi connectivity index (χ0n) is 15.0. The number of hydrogen-bond acceptors (Lipinski definition) is 3. The van der Waals surface area contributed by atoms with Crippen molar-refractivity contribution in [3.05, 3.63) is 0 Å². The Bertz CT molecular complexity index is 285. The average Bonchev–Trinajstić information content (AvgIpc) is 2.76. The zero-order chi connectivity index (χ0) is 15.9. The summed E-state index contributed by atoms with van der Waals surface area (Å²) in [5, 5.41) is 5.28. The molecule has 21 heavy (non-hydrogen) atoms. The highest BCUT2D eigenvalue weighted by Crippen LogP contribution is 2.44. The summed E-state index contributed by atoms with van der Waals surface area (Å²) in [6, 6.07) is 0. The van der Waals surface area contributed by atoms with Crippen molar-refractivity contribution in [3.8, 4) is 0 Å². The van der Waals surface area contributed by atoms with Crippen molar-refractivity contribution in [2.45, 2.75) is 67.6 Å². The summed E-state index contributed by atoms with van der Waals surface area (Å²) in [6.07, 6.45) is 0.272. The fraction of sp³-hybridized carbons (Fsp3) is 1.00. The Hall–Kier alpha value is -0.120. The van der Waals surface area contributed by atoms with E-state index < -0.39 is 0 Å². The lowest BCUT2D eigenvalue weighted by Crippen LogP contribution is -2.28. The van der Waals surface area contributed by atoms with Crippen LogP contribution in [0.3, 0.4) is 0 Å². The lowest BCUT2D eigenvalue weighted by atomic mass is 9.92. The predicted molar refractivity (Wildman–Crippen MR) is 84.1 cm³/mol. The third kappa shape index (κ3) is 3.02. The zero-order valence-corrected chi connectivity index (χ0v) is 15.0. The van der Waals surface area contributed by atoms with Gasteiger partial charge in [0.25, 0.3) is 0 Å². The second kappa shape index (κ2) is 6.55. The van der Waals surface area contributed by atoms with Gasteiger partial charge >= 0.3 is 0 Å². The molecule has 0 spiro atoms. The molecular weight excluding hydrogens is 264 g/mol. The molecule has 3 nitrogen and oxygen atoms in total. The van der Waals surface area contributed by atoms with Gasteiger partial charge in [-0.1, -0.05) is 60.4 Å². The Morgan fingerprint density at radius 3 is 0.857 bits per heavy atom. The van der Waals surface area contributed by atoms with Gasteiger partial charge in [0.2, 0.25) is 0 Å². The first-order valence-electron chi connectivity index (χ1n) is 8.76. The molecular formula is C18H34O3. The van der Waals surface area contributed by atoms with Gasteiger partial charge in [-0.25, -0.2) is 9.78 Å². The Kier molecular flexibility index (Phi) is 5.38. The first-order chi connectivity index (χ1) is 9.77. The highest BCUT2D eigenvalue weighted by molar-refractivity contribution is 4.91. The van der Waals surface area contributed by atoms with Gasteiger partial charge in [0.05, 0.1) is 0 Å². The van der Waals surface area contributed by atoms with Gasteiger partial charge < -0.3 is 0 Å². The van der Waals surface area contributed by atoms with Gasteiger partial charge in [-0.05, 0) is 47.3 Å². The molecule has 9 atom stereocenters. The molecule has 7 unspecified atom stereocenters. The molecule has 2 aliphatic rings. The normalized spacial score (nSPS) is 54.3. The smallest absolute Gasteiger partial charge is 0.102 e. The number of rotatable bonds is 4. The van der Waals surface area contributed by atoms with E-state index in [1.54, 1.807) is 0 Å². The standard InChI is InChI=1S/C18H34O3/c1-9-10(2)14(6)17(13(9)5)19-21-20-18-15(7)11(3)12(4)16(18)8/h9-18H,1-8H3/t9-,10?,11?,12?,13?,14+,15?,16?,17?,18?/m1/s1. The van der Waals surface area contributed by atoms with E-state index in [0.29, 0.717) is 47.3 Å². The van der Waals surface area contributed by atoms with E-state index >= 15 is 0 Å². The van der Waals surface area contributed by atoms with Gasteiger partial charge in [-0.15, -0.1) is 0 Å². The first-order valence-corrected chi connectivity index (χ1v) is 8.76. The molecule has 0 N–H and O–H groups in total. The molecule has 0 aromatic rings. The van der Waals surface area contributed by atoms with Crippen molar-refractivity contribution >= 4 is 0 Å². The van der Waals surface area contributed by atoms with Crippen LogP contribution < -0.4 is 0 Å². The van der Waals surface area contributed by atoms with Crippen molar-refractivity contribution in [2.75, 3.05) is 0 Å². The second-order valence-electron chi connectivity index (χ2n) is 8.06. The van der Waals surface area contributed by atoms with E-state index in [2.05, 4.69) is 55.4 Å². The van der Waals surface area contributed by atoms with Crippen LogP contribution in [-0.2, 0) is 14.8 Å². The van der Waals surface area contributed by atoms with Crippen LogP contribution in [0.1, 0.15) is 55.4 Å². The molecule has 0 radical (unpaired) electrons. The van der Waals surface area contributed by atoms with Crippen LogP contribution in [0.4, 0.5) is 0 Å². The summed E-state index contributed by atoms with van der Waals surface area (Å²) in [6.45, 7) is 18.2. The maximum atomic E-state index is 5.68. The molecule has 2 rings (SSSR count). The Morgan fingerprint density at radius 1 is 0.381 bits per heavy atom. The third-order valence-corrected chi connectivity index (χ3v) is 7.35. The summed E-state index contributed by atoms with van der Waals surface area (Å²) in [7, 11) is 0. The Balaban J connectivity index is 1.85. The van der Waals surface area contributed by atoms with E-state index in [9.17, 15) is 0 Å². The minimum Gasteiger partial charge on any atom is -0.202 e. The molecule has 0 aromatic carbocycles. The highest BCUT2D eigenvalue weighted by Gasteiger charge is 2.45. The quantitative estimate of drug-likeness (QED) is 0.555. The summed E-state index contributed by atoms with van der Waals surface area (Å²) < 4.78 is 0. The van der Waals surface area contributed by atoms with Crippen molar-refractivity contribution in [1.82, 2.24) is 0 Å². The van der Waals surface area contributed by atoms with E-state index in [1.807, 2.05) is 0 Å². The SMILES string of the molecule is CC1C(C)C(C)C(OOOC2C(C)[C@H](C)C(C)[C@@H]2C)C1C. The van der Waals surface area contributed by atoms with Crippen molar-refractivity contribution in [3.63, 3.8) is 0 Å². The lowest BCUT2D eigenvalue weighted by Gasteiger charge is -2.23. The minimum atomic E-state index is 0.136. The molecule has 0 aromatic heterocycles. The molecule has 124 valence electrons. The van der Waals surface area contributed by atoms with Gasteiger partial charge in [-0.3, -0.25) is 0 Å². The van der Waals surface area contributed by atoms with Crippen LogP contribution in [-0.4, -0.2) is 12.2 Å². The summed E-state index contributed by atoms with van der Waals surface area (Å²) in [5.74, 6) is 4.70. The maximum absolute atomic E-state index is 5.68. The van der Waals surface area contributed by atoms with Crippen molar-refractivity contribution in [2.24, 2.45) is 47.3 Å². The Labute approximate surface area is 130 Å². The van der Waals surface area contributed by atoms with Crippen molar-refractivity contribution < 1.29 is 14.8 Å². The van der Waals surface area contributed by atoms with Gasteiger partial charge in [-0.2, -0.15) is 0 Å². The van der Waals surface area contributed by atoms with Crippen molar-refractivity contribution in [1.29, 1.82) is 0 Å². The van der Waals surface area contributed by atoms with E-state index in [-0.39, 0.29) is 12.2 Å². The van der Waals surface area contributed by atoms with Crippen LogP contribution in [0.15, 0.2) is 0 Å². The van der Waals surface area contributed by atoms with Crippen LogP contribution in [0, 0.1) is 47.3 Å². The monoisotopic (exact) mass is 298 g/mol. The summed E-state index contributed by atoms with van der Waals surface area (Å²) in [5.41, 5.74) is 0. The molecule has 2 saturated carbocycles. The van der Waals surface area contributed by atoms with Gasteiger partial charge in [0.15, 0.2) is 0 Å². The molecule has 2 aliphatic carbocycles. The molecule has 2 fully saturated rings. The summed E-state index contributed by atoms with van der Waals surface area (Å²) >= 11 is 0. The van der Waals surface area contributed by atoms with Crippen LogP contribution in [0.2, 0.25) is 0 Å². The minimum absolute atomic E-state index is 0.136. The molecule has 3 heteroatoms. The fourth-order valence-electron chi connectivity index (χ4n) is 4.53. The van der Waals surface area contributed by atoms with E-state index in [4.69, 9.17) is 14.8 Å². The predicted octanol–water partition coefficient (Wildman–Crippen LogP) is 4.72. The van der Waals surface area contributed by atoms with E-state index in [0.717, 1.165) is 0 Å². The largest absolute Gasteiger partial charge is 0.202 e. The lowest BCUT2D eigenvalue weighted by molar-refractivity contribution is -0.548. The van der Waals surface area contributed by atoms with Crippen LogP contribution >= 0.6 is 0 Å². The van der Waals surface area contributed by atoms with E-state index in [1.165, 1.54) is 0 Å². The fourth-order valence-corrected chi connectivity index (χ4v) is 4.53. The van der Waals surface area contributed by atoms with Gasteiger partial charge in [0.1, 0.15) is 12.2 Å². The topological polar surface area (TPSA) is 27.7 Å². The van der Waals surface area contributed by atoms with Gasteiger partial charge in [0, 0.05) is 0 Å². The maximum Gasteiger partial charge on any atom is 0.102 e. The molecule has 0 saturated heterocycles.